The van der Waals surface area contributed by atoms with Gasteiger partial charge >= 0.3 is 0 Å². The van der Waals surface area contributed by atoms with Crippen LogP contribution in [0.25, 0.3) is 10.2 Å². The molecule has 0 saturated carbocycles. The second-order valence-corrected chi connectivity index (χ2v) is 10.3. The van der Waals surface area contributed by atoms with Gasteiger partial charge in [0, 0.05) is 16.5 Å². The van der Waals surface area contributed by atoms with E-state index < -0.39 is 0 Å². The molecule has 0 atom stereocenters. The van der Waals surface area contributed by atoms with E-state index in [4.69, 9.17) is 11.6 Å². The van der Waals surface area contributed by atoms with Crippen LogP contribution in [0.3, 0.4) is 0 Å². The van der Waals surface area contributed by atoms with E-state index in [-0.39, 0.29) is 11.5 Å². The maximum absolute atomic E-state index is 13.4. The number of halogens is 1. The highest BCUT2D eigenvalue weighted by molar-refractivity contribution is 7.99. The molecule has 0 radical (unpaired) electrons. The highest BCUT2D eigenvalue weighted by Gasteiger charge is 2.24. The van der Waals surface area contributed by atoms with Crippen LogP contribution in [-0.2, 0) is 0 Å². The molecular formula is C24H19ClN4O2S2. The Morgan fingerprint density at radius 3 is 2.48 bits per heavy atom. The van der Waals surface area contributed by atoms with Gasteiger partial charge in [-0.1, -0.05) is 41.6 Å². The number of carbonyl (C=O) groups is 1. The van der Waals surface area contributed by atoms with Gasteiger partial charge in [-0.15, -0.1) is 11.3 Å². The van der Waals surface area contributed by atoms with Gasteiger partial charge in [0.2, 0.25) is 0 Å². The van der Waals surface area contributed by atoms with E-state index in [1.165, 1.54) is 27.8 Å². The minimum atomic E-state index is -0.270. The summed E-state index contributed by atoms with van der Waals surface area (Å²) in [7, 11) is 0. The van der Waals surface area contributed by atoms with Crippen LogP contribution >= 0.6 is 34.7 Å². The largest absolute Gasteiger partial charge is 0.321 e. The Labute approximate surface area is 203 Å². The van der Waals surface area contributed by atoms with Gasteiger partial charge < -0.3 is 5.32 Å². The van der Waals surface area contributed by atoms with Crippen LogP contribution in [0.5, 0.6) is 0 Å². The van der Waals surface area contributed by atoms with Gasteiger partial charge in [0.1, 0.15) is 4.83 Å². The quantitative estimate of drug-likeness (QED) is 0.373. The van der Waals surface area contributed by atoms with Crippen LogP contribution in [0.15, 0.2) is 57.5 Å². The molecule has 4 aromatic rings. The molecule has 3 heterocycles. The Kier molecular flexibility index (Phi) is 5.60. The number of carbonyl (C=O) groups excluding carboxylic acids is 1. The maximum Gasteiger partial charge on any atom is 0.283 e. The van der Waals surface area contributed by atoms with Crippen molar-refractivity contribution in [1.82, 2.24) is 9.66 Å². The van der Waals surface area contributed by atoms with Gasteiger partial charge in [-0.25, -0.2) is 4.98 Å². The lowest BCUT2D eigenvalue weighted by Crippen LogP contribution is -2.25. The van der Waals surface area contributed by atoms with Crippen LogP contribution in [-0.4, -0.2) is 27.0 Å². The molecule has 1 aliphatic heterocycles. The first-order valence-electron chi connectivity index (χ1n) is 10.2. The fourth-order valence-corrected chi connectivity index (χ4v) is 6.00. The fourth-order valence-electron chi connectivity index (χ4n) is 3.85. The van der Waals surface area contributed by atoms with E-state index in [0.717, 1.165) is 28.1 Å². The van der Waals surface area contributed by atoms with Crippen molar-refractivity contribution in [1.29, 1.82) is 0 Å². The molecule has 0 aliphatic carbocycles. The van der Waals surface area contributed by atoms with Crippen LogP contribution in [0.1, 0.15) is 31.9 Å². The normalized spacial score (nSPS) is 13.0. The third-order valence-electron chi connectivity index (χ3n) is 5.33. The van der Waals surface area contributed by atoms with Crippen molar-refractivity contribution in [3.05, 3.63) is 85.0 Å². The van der Waals surface area contributed by atoms with Crippen molar-refractivity contribution < 1.29 is 4.79 Å². The molecule has 6 nitrogen and oxygen atoms in total. The Morgan fingerprint density at radius 2 is 1.79 bits per heavy atom. The van der Waals surface area contributed by atoms with Crippen molar-refractivity contribution in [2.75, 3.05) is 11.1 Å². The van der Waals surface area contributed by atoms with Crippen molar-refractivity contribution in [2.24, 2.45) is 5.10 Å². The highest BCUT2D eigenvalue weighted by atomic mass is 35.5. The monoisotopic (exact) mass is 494 g/mol. The van der Waals surface area contributed by atoms with Crippen molar-refractivity contribution in [2.45, 2.75) is 25.9 Å². The number of nitrogens with zero attached hydrogens (tertiary/aromatic N) is 3. The second kappa shape index (κ2) is 8.44. The first-order valence-corrected chi connectivity index (χ1v) is 12.4. The molecule has 1 aliphatic rings. The minimum absolute atomic E-state index is 0.249. The summed E-state index contributed by atoms with van der Waals surface area (Å²) in [4.78, 5) is 32.1. The van der Waals surface area contributed by atoms with Gasteiger partial charge in [0.05, 0.1) is 16.0 Å². The zero-order chi connectivity index (χ0) is 23.3. The number of anilines is 1. The lowest BCUT2D eigenvalue weighted by molar-refractivity contribution is 0.103. The Bertz CT molecular complexity index is 1500. The predicted octanol–water partition coefficient (Wildman–Crippen LogP) is 5.65. The molecule has 0 fully saturated rings. The molecule has 0 unspecified atom stereocenters. The summed E-state index contributed by atoms with van der Waals surface area (Å²) in [6.07, 6.45) is 0. The summed E-state index contributed by atoms with van der Waals surface area (Å²) < 4.78 is 1.34. The van der Waals surface area contributed by atoms with E-state index in [1.54, 1.807) is 19.1 Å². The van der Waals surface area contributed by atoms with Gasteiger partial charge in [-0.05, 0) is 67.3 Å². The molecule has 0 bridgehead atoms. The lowest BCUT2D eigenvalue weighted by Gasteiger charge is -2.15. The smallest absolute Gasteiger partial charge is 0.283 e. The van der Waals surface area contributed by atoms with Crippen molar-refractivity contribution in [3.63, 3.8) is 0 Å². The number of aromatic nitrogens is 2. The Hall–Kier alpha value is -2.94. The van der Waals surface area contributed by atoms with E-state index in [9.17, 15) is 9.59 Å². The van der Waals surface area contributed by atoms with Crippen LogP contribution in [0.4, 0.5) is 5.69 Å². The van der Waals surface area contributed by atoms with Gasteiger partial charge in [0.25, 0.3) is 11.5 Å². The SMILES string of the molecule is Cc1cc(C)cc(NC(=O)c2sc3nc4n(c(=O)c3c2C)N=C(c2ccc(Cl)cc2)CS4)c1. The van der Waals surface area contributed by atoms with E-state index in [1.807, 2.05) is 44.2 Å². The Balaban J connectivity index is 1.55. The number of amides is 1. The number of thiophene rings is 1. The summed E-state index contributed by atoms with van der Waals surface area (Å²) in [5.74, 6) is 0.338. The van der Waals surface area contributed by atoms with Crippen molar-refractivity contribution >= 4 is 62.2 Å². The molecular weight excluding hydrogens is 476 g/mol. The highest BCUT2D eigenvalue weighted by Crippen LogP contribution is 2.31. The number of nitrogens with one attached hydrogen (secondary N) is 1. The summed E-state index contributed by atoms with van der Waals surface area (Å²) in [5.41, 5.74) is 4.88. The molecule has 0 saturated heterocycles. The second-order valence-electron chi connectivity index (χ2n) is 7.92. The number of hydrogen-bond acceptors (Lipinski definition) is 6. The molecule has 2 aromatic heterocycles. The third-order valence-corrected chi connectivity index (χ3v) is 7.71. The zero-order valence-electron chi connectivity index (χ0n) is 18.1. The summed E-state index contributed by atoms with van der Waals surface area (Å²) in [6, 6.07) is 13.3. The van der Waals surface area contributed by atoms with E-state index >= 15 is 0 Å². The number of rotatable bonds is 3. The topological polar surface area (TPSA) is 76.3 Å². The lowest BCUT2D eigenvalue weighted by atomic mass is 10.1. The molecule has 0 spiro atoms. The summed E-state index contributed by atoms with van der Waals surface area (Å²) in [5, 5.41) is 9.12. The fraction of sp³-hybridized carbons (Fsp3) is 0.167. The maximum atomic E-state index is 13.4. The standard InChI is InChI=1S/C24H19ClN4O2S2/c1-12-8-13(2)10-17(9-12)26-21(30)20-14(3)19-22(33-20)27-24-29(23(19)31)28-18(11-32-24)15-4-6-16(25)7-5-15/h4-10H,11H2,1-3H3,(H,26,30). The number of hydrogen-bond donors (Lipinski definition) is 1. The Morgan fingerprint density at radius 1 is 1.09 bits per heavy atom. The van der Waals surface area contributed by atoms with Gasteiger partial charge in [0.15, 0.2) is 5.16 Å². The predicted molar refractivity (Wildman–Crippen MR) is 137 cm³/mol. The first kappa shape index (κ1) is 21.9. The average Bonchev–Trinajstić information content (AvgIpc) is 3.10. The molecule has 33 heavy (non-hydrogen) atoms. The van der Waals surface area contributed by atoms with Gasteiger partial charge in [-0.3, -0.25) is 9.59 Å². The number of benzene rings is 2. The number of thioether (sulfide) groups is 1. The number of fused-ring (bicyclic) bond motifs is 2. The van der Waals surface area contributed by atoms with Gasteiger partial charge in [-0.2, -0.15) is 9.78 Å². The molecule has 166 valence electrons. The van der Waals surface area contributed by atoms with Crippen LogP contribution in [0.2, 0.25) is 5.02 Å². The minimum Gasteiger partial charge on any atom is -0.321 e. The molecule has 2 aromatic carbocycles. The molecule has 1 amide bonds. The number of aryl methyl sites for hydroxylation is 3. The van der Waals surface area contributed by atoms with E-state index in [0.29, 0.717) is 36.6 Å². The first-order chi connectivity index (χ1) is 15.8. The average molecular weight is 495 g/mol. The third kappa shape index (κ3) is 4.10. The van der Waals surface area contributed by atoms with Crippen molar-refractivity contribution in [3.8, 4) is 0 Å². The molecule has 9 heteroatoms. The summed E-state index contributed by atoms with van der Waals surface area (Å²) >= 11 is 8.67. The van der Waals surface area contributed by atoms with Crippen LogP contribution in [0, 0.1) is 20.8 Å². The molecule has 1 N–H and O–H groups in total. The van der Waals surface area contributed by atoms with Crippen LogP contribution < -0.4 is 10.9 Å². The molecule has 5 rings (SSSR count). The zero-order valence-corrected chi connectivity index (χ0v) is 20.5. The summed E-state index contributed by atoms with van der Waals surface area (Å²) in [6.45, 7) is 5.75. The van der Waals surface area contributed by atoms with E-state index in [2.05, 4.69) is 15.4 Å².